The van der Waals surface area contributed by atoms with Crippen molar-refractivity contribution in [2.45, 2.75) is 43.2 Å². The van der Waals surface area contributed by atoms with E-state index in [1.165, 1.54) is 12.8 Å². The molecule has 1 amide bonds. The summed E-state index contributed by atoms with van der Waals surface area (Å²) in [6, 6.07) is 2.35. The Hall–Kier alpha value is -1.36. The van der Waals surface area contributed by atoms with E-state index in [9.17, 15) is 26.4 Å². The first kappa shape index (κ1) is 23.9. The third-order valence-corrected chi connectivity index (χ3v) is 6.43. The fraction of sp³-hybridized carbons (Fsp3) is 0.611. The number of alkyl halides is 3. The van der Waals surface area contributed by atoms with E-state index in [-0.39, 0.29) is 18.9 Å². The van der Waals surface area contributed by atoms with Crippen LogP contribution in [0.4, 0.5) is 13.2 Å². The lowest BCUT2D eigenvalue weighted by molar-refractivity contribution is -0.137. The van der Waals surface area contributed by atoms with Crippen LogP contribution in [0.3, 0.4) is 0 Å². The van der Waals surface area contributed by atoms with E-state index in [0.717, 1.165) is 44.6 Å². The Kier molecular flexibility index (Phi) is 8.74. The standard InChI is InChI=1S/C18H25ClF3N3O3S/c19-16-6-5-14(13-15(16)18(20,21)22)29(27,28)24-8-7-17(26)23-9-12-25-10-3-1-2-4-11-25/h5-6,13,24H,1-4,7-12H2,(H,23,26). The molecule has 0 unspecified atom stereocenters. The van der Waals surface area contributed by atoms with Gasteiger partial charge in [-0.1, -0.05) is 24.4 Å². The first-order valence-corrected chi connectivity index (χ1v) is 11.3. The van der Waals surface area contributed by atoms with Gasteiger partial charge in [0.2, 0.25) is 15.9 Å². The van der Waals surface area contributed by atoms with Gasteiger partial charge >= 0.3 is 6.18 Å². The number of hydrogen-bond acceptors (Lipinski definition) is 4. The van der Waals surface area contributed by atoms with Crippen LogP contribution in [0.1, 0.15) is 37.7 Å². The molecule has 6 nitrogen and oxygen atoms in total. The van der Waals surface area contributed by atoms with Gasteiger partial charge < -0.3 is 10.2 Å². The van der Waals surface area contributed by atoms with Gasteiger partial charge in [0.05, 0.1) is 15.5 Å². The maximum absolute atomic E-state index is 12.9. The number of hydrogen-bond donors (Lipinski definition) is 2. The van der Waals surface area contributed by atoms with E-state index in [1.807, 2.05) is 0 Å². The van der Waals surface area contributed by atoms with Crippen LogP contribution >= 0.6 is 11.6 Å². The summed E-state index contributed by atoms with van der Waals surface area (Å²) in [6.45, 7) is 3.01. The quantitative estimate of drug-likeness (QED) is 0.631. The van der Waals surface area contributed by atoms with Crippen LogP contribution in [0.5, 0.6) is 0 Å². The van der Waals surface area contributed by atoms with Gasteiger partial charge in [-0.15, -0.1) is 0 Å². The van der Waals surface area contributed by atoms with Crippen LogP contribution in [0.15, 0.2) is 23.1 Å². The van der Waals surface area contributed by atoms with Crippen LogP contribution in [0.25, 0.3) is 0 Å². The van der Waals surface area contributed by atoms with Gasteiger partial charge in [-0.25, -0.2) is 13.1 Å². The van der Waals surface area contributed by atoms with Gasteiger partial charge in [0.1, 0.15) is 0 Å². The molecule has 0 bridgehead atoms. The lowest BCUT2D eigenvalue weighted by Gasteiger charge is -2.19. The van der Waals surface area contributed by atoms with Gasteiger partial charge in [0, 0.05) is 26.1 Å². The zero-order chi connectivity index (χ0) is 21.5. The maximum Gasteiger partial charge on any atom is 0.417 e. The van der Waals surface area contributed by atoms with Crippen molar-refractivity contribution in [3.8, 4) is 0 Å². The fourth-order valence-corrected chi connectivity index (χ4v) is 4.35. The van der Waals surface area contributed by atoms with Crippen molar-refractivity contribution in [1.29, 1.82) is 0 Å². The molecule has 0 radical (unpaired) electrons. The summed E-state index contributed by atoms with van der Waals surface area (Å²) in [7, 11) is -4.19. The van der Waals surface area contributed by atoms with Gasteiger partial charge in [-0.2, -0.15) is 13.2 Å². The van der Waals surface area contributed by atoms with Crippen molar-refractivity contribution in [3.05, 3.63) is 28.8 Å². The summed E-state index contributed by atoms with van der Waals surface area (Å²) in [6.07, 6.45) is -0.135. The normalized spacial score (nSPS) is 16.4. The predicted molar refractivity (Wildman–Crippen MR) is 104 cm³/mol. The molecule has 1 aliphatic heterocycles. The second-order valence-corrected chi connectivity index (χ2v) is 9.07. The van der Waals surface area contributed by atoms with Crippen LogP contribution in [-0.2, 0) is 21.0 Å². The highest BCUT2D eigenvalue weighted by Crippen LogP contribution is 2.35. The molecule has 1 aromatic rings. The first-order chi connectivity index (χ1) is 13.6. The van der Waals surface area contributed by atoms with Gasteiger partial charge in [0.15, 0.2) is 0 Å². The van der Waals surface area contributed by atoms with Gasteiger partial charge in [0.25, 0.3) is 0 Å². The highest BCUT2D eigenvalue weighted by atomic mass is 35.5. The number of rotatable bonds is 8. The summed E-state index contributed by atoms with van der Waals surface area (Å²) in [5.74, 6) is -0.324. The molecular formula is C18H25ClF3N3O3S. The molecule has 164 valence electrons. The number of halogens is 4. The van der Waals surface area contributed by atoms with Crippen molar-refractivity contribution in [2.24, 2.45) is 0 Å². The Bertz CT molecular complexity index is 795. The third-order valence-electron chi connectivity index (χ3n) is 4.65. The Morgan fingerprint density at radius 1 is 1.10 bits per heavy atom. The second kappa shape index (κ2) is 10.6. The molecule has 1 aliphatic rings. The van der Waals surface area contributed by atoms with E-state index in [2.05, 4.69) is 14.9 Å². The average molecular weight is 456 g/mol. The monoisotopic (exact) mass is 455 g/mol. The minimum absolute atomic E-state index is 0.112. The molecule has 2 rings (SSSR count). The molecule has 1 heterocycles. The third kappa shape index (κ3) is 7.76. The van der Waals surface area contributed by atoms with Crippen molar-refractivity contribution in [3.63, 3.8) is 0 Å². The van der Waals surface area contributed by atoms with Gasteiger partial charge in [-0.05, 0) is 44.1 Å². The summed E-state index contributed by atoms with van der Waals surface area (Å²) >= 11 is 5.50. The zero-order valence-corrected chi connectivity index (χ0v) is 17.5. The van der Waals surface area contributed by atoms with Crippen molar-refractivity contribution < 1.29 is 26.4 Å². The summed E-state index contributed by atoms with van der Waals surface area (Å²) in [4.78, 5) is 13.6. The predicted octanol–water partition coefficient (Wildman–Crippen LogP) is 3.02. The Balaban J connectivity index is 1.79. The van der Waals surface area contributed by atoms with Gasteiger partial charge in [-0.3, -0.25) is 4.79 Å². The van der Waals surface area contributed by atoms with Crippen LogP contribution < -0.4 is 10.0 Å². The van der Waals surface area contributed by atoms with Crippen molar-refractivity contribution in [1.82, 2.24) is 14.9 Å². The maximum atomic E-state index is 12.9. The molecule has 1 aromatic carbocycles. The Labute approximate surface area is 173 Å². The van der Waals surface area contributed by atoms with Crippen LogP contribution in [0, 0.1) is 0 Å². The second-order valence-electron chi connectivity index (χ2n) is 6.89. The van der Waals surface area contributed by atoms with E-state index >= 15 is 0 Å². The van der Waals surface area contributed by atoms with Crippen molar-refractivity contribution in [2.75, 3.05) is 32.7 Å². The Morgan fingerprint density at radius 3 is 2.38 bits per heavy atom. The number of nitrogens with one attached hydrogen (secondary N) is 2. The molecule has 0 spiro atoms. The number of benzene rings is 1. The first-order valence-electron chi connectivity index (χ1n) is 9.45. The molecule has 11 heteroatoms. The SMILES string of the molecule is O=C(CCNS(=O)(=O)c1ccc(Cl)c(C(F)(F)F)c1)NCCN1CCCCCC1. The molecule has 1 saturated heterocycles. The molecule has 1 fully saturated rings. The smallest absolute Gasteiger partial charge is 0.355 e. The van der Waals surface area contributed by atoms with E-state index in [0.29, 0.717) is 12.6 Å². The number of sulfonamides is 1. The van der Waals surface area contributed by atoms with E-state index in [1.54, 1.807) is 0 Å². The molecule has 0 atom stereocenters. The fourth-order valence-electron chi connectivity index (χ4n) is 3.07. The molecule has 2 N–H and O–H groups in total. The number of carbonyl (C=O) groups excluding carboxylic acids is 1. The molecule has 0 aromatic heterocycles. The molecular weight excluding hydrogens is 431 g/mol. The number of likely N-dealkylation sites (tertiary alicyclic amines) is 1. The molecule has 29 heavy (non-hydrogen) atoms. The summed E-state index contributed by atoms with van der Waals surface area (Å²) < 4.78 is 65.2. The van der Waals surface area contributed by atoms with Crippen molar-refractivity contribution >= 4 is 27.5 Å². The molecule has 0 aliphatic carbocycles. The summed E-state index contributed by atoms with van der Waals surface area (Å²) in [5.41, 5.74) is -1.23. The number of nitrogens with zero attached hydrogens (tertiary/aromatic N) is 1. The lowest BCUT2D eigenvalue weighted by atomic mass is 10.2. The minimum atomic E-state index is -4.77. The van der Waals surface area contributed by atoms with Crippen LogP contribution in [-0.4, -0.2) is 51.9 Å². The van der Waals surface area contributed by atoms with E-state index < -0.39 is 31.7 Å². The average Bonchev–Trinajstić information content (AvgIpc) is 2.89. The topological polar surface area (TPSA) is 78.5 Å². The zero-order valence-electron chi connectivity index (χ0n) is 15.9. The minimum Gasteiger partial charge on any atom is -0.355 e. The summed E-state index contributed by atoms with van der Waals surface area (Å²) in [5, 5.41) is 2.15. The highest BCUT2D eigenvalue weighted by Gasteiger charge is 2.34. The highest BCUT2D eigenvalue weighted by molar-refractivity contribution is 7.89. The largest absolute Gasteiger partial charge is 0.417 e. The number of amides is 1. The number of carbonyl (C=O) groups is 1. The molecule has 0 saturated carbocycles. The van der Waals surface area contributed by atoms with E-state index in [4.69, 9.17) is 11.6 Å². The van der Waals surface area contributed by atoms with Crippen LogP contribution in [0.2, 0.25) is 5.02 Å². The lowest BCUT2D eigenvalue weighted by Crippen LogP contribution is -2.36. The Morgan fingerprint density at radius 2 is 1.76 bits per heavy atom.